The number of aromatic amines is 1. The van der Waals surface area contributed by atoms with Gasteiger partial charge < -0.3 is 4.98 Å². The Labute approximate surface area is 89.9 Å². The van der Waals surface area contributed by atoms with Crippen LogP contribution in [0.2, 0.25) is 0 Å². The number of H-pyrrole nitrogens is 1. The molecule has 0 spiro atoms. The third kappa shape index (κ3) is 2.67. The number of hydrogen-bond acceptors (Lipinski definition) is 2. The second-order valence-electron chi connectivity index (χ2n) is 5.47. The van der Waals surface area contributed by atoms with Crippen LogP contribution in [0, 0.1) is 5.92 Å². The highest BCUT2D eigenvalue weighted by atomic mass is 16.1. The average molecular weight is 206 g/mol. The summed E-state index contributed by atoms with van der Waals surface area (Å²) in [7, 11) is 0. The van der Waals surface area contributed by atoms with E-state index in [4.69, 9.17) is 0 Å². The minimum absolute atomic E-state index is 0.0226. The van der Waals surface area contributed by atoms with Gasteiger partial charge in [-0.25, -0.2) is 4.98 Å². The monoisotopic (exact) mass is 206 g/mol. The number of rotatable bonds is 2. The summed E-state index contributed by atoms with van der Waals surface area (Å²) in [4.78, 5) is 18.8. The highest BCUT2D eigenvalue weighted by molar-refractivity contribution is 5.12. The molecule has 0 radical (unpaired) electrons. The minimum Gasteiger partial charge on any atom is -0.311 e. The third-order valence-corrected chi connectivity index (χ3v) is 2.74. The Kier molecular flexibility index (Phi) is 2.41. The van der Waals surface area contributed by atoms with E-state index in [1.165, 1.54) is 12.8 Å². The van der Waals surface area contributed by atoms with E-state index in [2.05, 4.69) is 30.7 Å². The zero-order chi connectivity index (χ0) is 11.1. The molecule has 1 fully saturated rings. The second kappa shape index (κ2) is 3.47. The van der Waals surface area contributed by atoms with Gasteiger partial charge in [-0.3, -0.25) is 4.79 Å². The molecule has 1 aromatic heterocycles. The van der Waals surface area contributed by atoms with Crippen molar-refractivity contribution in [1.82, 2.24) is 9.97 Å². The van der Waals surface area contributed by atoms with Gasteiger partial charge in [0, 0.05) is 17.9 Å². The average Bonchev–Trinajstić information content (AvgIpc) is 2.85. The topological polar surface area (TPSA) is 45.8 Å². The number of nitrogens with zero attached hydrogens (tertiary/aromatic N) is 1. The van der Waals surface area contributed by atoms with Gasteiger partial charge >= 0.3 is 0 Å². The van der Waals surface area contributed by atoms with Gasteiger partial charge in [-0.15, -0.1) is 0 Å². The summed E-state index contributed by atoms with van der Waals surface area (Å²) in [6, 6.07) is 1.61. The van der Waals surface area contributed by atoms with Gasteiger partial charge in [0.1, 0.15) is 5.82 Å². The van der Waals surface area contributed by atoms with E-state index >= 15 is 0 Å². The molecule has 0 saturated heterocycles. The first-order valence-corrected chi connectivity index (χ1v) is 5.56. The van der Waals surface area contributed by atoms with Crippen LogP contribution < -0.4 is 5.56 Å². The lowest BCUT2D eigenvalue weighted by Crippen LogP contribution is -2.21. The number of aromatic nitrogens is 2. The number of hydrogen-bond donors (Lipinski definition) is 1. The van der Waals surface area contributed by atoms with E-state index in [0.29, 0.717) is 0 Å². The van der Waals surface area contributed by atoms with Crippen LogP contribution in [-0.4, -0.2) is 9.97 Å². The van der Waals surface area contributed by atoms with Gasteiger partial charge in [-0.1, -0.05) is 20.8 Å². The molecule has 0 bridgehead atoms. The molecular weight excluding hydrogens is 188 g/mol. The lowest BCUT2D eigenvalue weighted by atomic mass is 9.92. The normalized spacial score (nSPS) is 16.7. The molecule has 1 N–H and O–H groups in total. The van der Waals surface area contributed by atoms with E-state index in [9.17, 15) is 4.79 Å². The number of nitrogens with one attached hydrogen (secondary N) is 1. The summed E-state index contributed by atoms with van der Waals surface area (Å²) >= 11 is 0. The fourth-order valence-electron chi connectivity index (χ4n) is 1.58. The maximum Gasteiger partial charge on any atom is 0.251 e. The maximum atomic E-state index is 11.5. The van der Waals surface area contributed by atoms with Crippen LogP contribution in [0.5, 0.6) is 0 Å². The van der Waals surface area contributed by atoms with Crippen LogP contribution in [0.4, 0.5) is 0 Å². The van der Waals surface area contributed by atoms with Gasteiger partial charge in [0.05, 0.1) is 5.69 Å². The summed E-state index contributed by atoms with van der Waals surface area (Å²) in [5.74, 6) is 1.61. The first-order chi connectivity index (χ1) is 6.95. The Morgan fingerprint density at radius 3 is 2.67 bits per heavy atom. The molecule has 82 valence electrons. The van der Waals surface area contributed by atoms with Crippen molar-refractivity contribution in [2.75, 3.05) is 0 Å². The van der Waals surface area contributed by atoms with Crippen molar-refractivity contribution >= 4 is 0 Å². The summed E-state index contributed by atoms with van der Waals surface area (Å²) in [5, 5.41) is 0. The van der Waals surface area contributed by atoms with Gasteiger partial charge in [0.2, 0.25) is 0 Å². The van der Waals surface area contributed by atoms with Crippen LogP contribution in [0.15, 0.2) is 10.9 Å². The maximum absolute atomic E-state index is 11.5. The first-order valence-electron chi connectivity index (χ1n) is 5.56. The Bertz CT molecular complexity index is 410. The molecule has 2 rings (SSSR count). The molecule has 1 heterocycles. The summed E-state index contributed by atoms with van der Waals surface area (Å²) in [6.45, 7) is 6.24. The molecule has 0 aliphatic heterocycles. The molecule has 0 amide bonds. The summed E-state index contributed by atoms with van der Waals surface area (Å²) in [5.41, 5.74) is 0.819. The Morgan fingerprint density at radius 2 is 2.13 bits per heavy atom. The molecule has 1 aliphatic rings. The van der Waals surface area contributed by atoms with Crippen LogP contribution in [0.1, 0.15) is 45.1 Å². The van der Waals surface area contributed by atoms with Crippen molar-refractivity contribution in [1.29, 1.82) is 0 Å². The molecule has 1 aromatic rings. The van der Waals surface area contributed by atoms with Crippen LogP contribution in [0.25, 0.3) is 0 Å². The molecule has 1 aliphatic carbocycles. The predicted molar refractivity (Wildman–Crippen MR) is 60.0 cm³/mol. The van der Waals surface area contributed by atoms with E-state index in [1.54, 1.807) is 6.07 Å². The highest BCUT2D eigenvalue weighted by Crippen LogP contribution is 2.31. The van der Waals surface area contributed by atoms with Gasteiger partial charge in [-0.2, -0.15) is 0 Å². The van der Waals surface area contributed by atoms with E-state index in [-0.39, 0.29) is 11.0 Å². The fraction of sp³-hybridized carbons (Fsp3) is 0.667. The summed E-state index contributed by atoms with van der Waals surface area (Å²) < 4.78 is 0. The third-order valence-electron chi connectivity index (χ3n) is 2.74. The zero-order valence-corrected chi connectivity index (χ0v) is 9.63. The van der Waals surface area contributed by atoms with Crippen molar-refractivity contribution in [3.8, 4) is 0 Å². The predicted octanol–water partition coefficient (Wildman–Crippen LogP) is 2.02. The molecule has 0 aromatic carbocycles. The van der Waals surface area contributed by atoms with E-state index in [0.717, 1.165) is 23.9 Å². The van der Waals surface area contributed by atoms with Crippen LogP contribution >= 0.6 is 0 Å². The minimum atomic E-state index is -0.0490. The van der Waals surface area contributed by atoms with Gasteiger partial charge in [0.25, 0.3) is 5.56 Å². The van der Waals surface area contributed by atoms with Crippen molar-refractivity contribution < 1.29 is 0 Å². The molecule has 0 atom stereocenters. The molecule has 15 heavy (non-hydrogen) atoms. The SMILES string of the molecule is CC(C)(C)c1cc(=O)[nH]c(CC2CC2)n1. The van der Waals surface area contributed by atoms with E-state index in [1.807, 2.05) is 0 Å². The molecular formula is C12H18N2O. The largest absolute Gasteiger partial charge is 0.311 e. The van der Waals surface area contributed by atoms with E-state index < -0.39 is 0 Å². The lowest BCUT2D eigenvalue weighted by molar-refractivity contribution is 0.558. The Hall–Kier alpha value is -1.12. The first kappa shape index (κ1) is 10.4. The second-order valence-corrected chi connectivity index (χ2v) is 5.47. The highest BCUT2D eigenvalue weighted by Gasteiger charge is 2.24. The Balaban J connectivity index is 2.31. The van der Waals surface area contributed by atoms with Crippen molar-refractivity contribution in [2.45, 2.75) is 45.4 Å². The van der Waals surface area contributed by atoms with Crippen molar-refractivity contribution in [2.24, 2.45) is 5.92 Å². The quantitative estimate of drug-likeness (QED) is 0.804. The molecule has 1 saturated carbocycles. The van der Waals surface area contributed by atoms with Crippen LogP contribution in [-0.2, 0) is 11.8 Å². The molecule has 3 heteroatoms. The smallest absolute Gasteiger partial charge is 0.251 e. The van der Waals surface area contributed by atoms with Crippen LogP contribution in [0.3, 0.4) is 0 Å². The molecule has 0 unspecified atom stereocenters. The van der Waals surface area contributed by atoms with Crippen molar-refractivity contribution in [3.05, 3.63) is 27.9 Å². The van der Waals surface area contributed by atoms with Crippen molar-refractivity contribution in [3.63, 3.8) is 0 Å². The standard InChI is InChI=1S/C12H18N2O/c1-12(2,3)9-7-11(15)14-10(13-9)6-8-4-5-8/h7-8H,4-6H2,1-3H3,(H,13,14,15). The van der Waals surface area contributed by atoms with Gasteiger partial charge in [-0.05, 0) is 18.8 Å². The van der Waals surface area contributed by atoms with Gasteiger partial charge in [0.15, 0.2) is 0 Å². The summed E-state index contributed by atoms with van der Waals surface area (Å²) in [6.07, 6.45) is 3.49. The fourth-order valence-corrected chi connectivity index (χ4v) is 1.58. The molecule has 3 nitrogen and oxygen atoms in total. The Morgan fingerprint density at radius 1 is 1.47 bits per heavy atom. The zero-order valence-electron chi connectivity index (χ0n) is 9.63. The lowest BCUT2D eigenvalue weighted by Gasteiger charge is -2.17.